The summed E-state index contributed by atoms with van der Waals surface area (Å²) in [4.78, 5) is 26.4. The number of carbonyl (C=O) groups excluding carboxylic acids is 2. The number of hydrogen-bond acceptors (Lipinski definition) is 2. The lowest BCUT2D eigenvalue weighted by Crippen LogP contribution is -2.40. The van der Waals surface area contributed by atoms with Crippen LogP contribution in [-0.4, -0.2) is 24.5 Å². The molecule has 5 nitrogen and oxygen atoms in total. The molecule has 1 aliphatic rings. The Morgan fingerprint density at radius 1 is 1.15 bits per heavy atom. The van der Waals surface area contributed by atoms with Crippen LogP contribution in [0.2, 0.25) is 0 Å². The van der Waals surface area contributed by atoms with Crippen molar-refractivity contribution in [1.29, 1.82) is 0 Å². The minimum Gasteiger partial charge on any atom is -0.336 e. The van der Waals surface area contributed by atoms with Crippen LogP contribution < -0.4 is 15.5 Å². The Kier molecular flexibility index (Phi) is 5.56. The molecule has 2 aromatic rings. The number of nitrogens with one attached hydrogen (secondary N) is 2. The second kappa shape index (κ2) is 8.04. The van der Waals surface area contributed by atoms with E-state index in [4.69, 9.17) is 0 Å². The Labute approximate surface area is 154 Å². The van der Waals surface area contributed by atoms with Crippen molar-refractivity contribution >= 4 is 17.6 Å². The standard InChI is InChI=1S/C21H25N3O2/c1-3-15(2)23-21(26)22-14-16-9-10-19-18(13-16)11-12-24(19)20(25)17-7-5-4-6-8-17/h4-10,13,15H,3,11-12,14H2,1-2H3,(H2,22,23,26)/t15-/m1/s1. The minimum absolute atomic E-state index is 0.0307. The van der Waals surface area contributed by atoms with E-state index in [0.717, 1.165) is 29.7 Å². The van der Waals surface area contributed by atoms with Gasteiger partial charge in [0.25, 0.3) is 5.91 Å². The largest absolute Gasteiger partial charge is 0.336 e. The van der Waals surface area contributed by atoms with Crippen LogP contribution >= 0.6 is 0 Å². The summed E-state index contributed by atoms with van der Waals surface area (Å²) >= 11 is 0. The molecule has 2 N–H and O–H groups in total. The van der Waals surface area contributed by atoms with Gasteiger partial charge in [-0.05, 0) is 49.1 Å². The van der Waals surface area contributed by atoms with Crippen molar-refractivity contribution in [1.82, 2.24) is 10.6 Å². The highest BCUT2D eigenvalue weighted by Gasteiger charge is 2.25. The molecule has 0 aromatic heterocycles. The number of anilines is 1. The minimum atomic E-state index is -0.152. The normalized spacial score (nSPS) is 13.8. The molecule has 1 aliphatic heterocycles. The Morgan fingerprint density at radius 3 is 2.65 bits per heavy atom. The van der Waals surface area contributed by atoms with Gasteiger partial charge in [-0.2, -0.15) is 0 Å². The Morgan fingerprint density at radius 2 is 1.92 bits per heavy atom. The van der Waals surface area contributed by atoms with E-state index in [1.54, 1.807) is 0 Å². The summed E-state index contributed by atoms with van der Waals surface area (Å²) in [5.74, 6) is 0.0307. The van der Waals surface area contributed by atoms with Gasteiger partial charge in [0, 0.05) is 30.4 Å². The molecule has 1 atom stereocenters. The van der Waals surface area contributed by atoms with Crippen molar-refractivity contribution in [3.05, 3.63) is 65.2 Å². The third kappa shape index (κ3) is 4.04. The number of amides is 3. The number of fused-ring (bicyclic) bond motifs is 1. The average molecular weight is 351 g/mol. The fourth-order valence-electron chi connectivity index (χ4n) is 3.07. The summed E-state index contributed by atoms with van der Waals surface area (Å²) in [7, 11) is 0. The van der Waals surface area contributed by atoms with Crippen LogP contribution in [0.15, 0.2) is 48.5 Å². The smallest absolute Gasteiger partial charge is 0.315 e. The van der Waals surface area contributed by atoms with Crippen molar-refractivity contribution in [2.75, 3.05) is 11.4 Å². The highest BCUT2D eigenvalue weighted by Crippen LogP contribution is 2.30. The molecule has 0 unspecified atom stereocenters. The SMILES string of the molecule is CC[C@@H](C)NC(=O)NCc1ccc2c(c1)CCN2C(=O)c1ccccc1. The maximum atomic E-state index is 12.7. The summed E-state index contributed by atoms with van der Waals surface area (Å²) < 4.78 is 0. The molecule has 1 heterocycles. The molecule has 0 saturated heterocycles. The van der Waals surface area contributed by atoms with Crippen molar-refractivity contribution in [3.8, 4) is 0 Å². The van der Waals surface area contributed by atoms with Crippen molar-refractivity contribution < 1.29 is 9.59 Å². The van der Waals surface area contributed by atoms with Gasteiger partial charge in [-0.25, -0.2) is 4.79 Å². The van der Waals surface area contributed by atoms with Gasteiger partial charge in [-0.3, -0.25) is 4.79 Å². The summed E-state index contributed by atoms with van der Waals surface area (Å²) in [6.07, 6.45) is 1.73. The first-order valence-corrected chi connectivity index (χ1v) is 9.11. The van der Waals surface area contributed by atoms with Gasteiger partial charge in [0.1, 0.15) is 0 Å². The number of urea groups is 1. The van der Waals surface area contributed by atoms with Gasteiger partial charge in [0.2, 0.25) is 0 Å². The maximum Gasteiger partial charge on any atom is 0.315 e. The molecule has 0 aliphatic carbocycles. The lowest BCUT2D eigenvalue weighted by atomic mass is 10.1. The molecule has 5 heteroatoms. The van der Waals surface area contributed by atoms with Crippen molar-refractivity contribution in [2.45, 2.75) is 39.3 Å². The lowest BCUT2D eigenvalue weighted by molar-refractivity contribution is 0.0989. The number of carbonyl (C=O) groups is 2. The van der Waals surface area contributed by atoms with Crippen molar-refractivity contribution in [3.63, 3.8) is 0 Å². The van der Waals surface area contributed by atoms with Crippen molar-refractivity contribution in [2.24, 2.45) is 0 Å². The molecular formula is C21H25N3O2. The van der Waals surface area contributed by atoms with Crippen LogP contribution in [0.1, 0.15) is 41.8 Å². The molecule has 3 amide bonds. The van der Waals surface area contributed by atoms with Gasteiger partial charge >= 0.3 is 6.03 Å². The van der Waals surface area contributed by atoms with Gasteiger partial charge in [0.15, 0.2) is 0 Å². The first-order chi connectivity index (χ1) is 12.6. The highest BCUT2D eigenvalue weighted by molar-refractivity contribution is 6.07. The quantitative estimate of drug-likeness (QED) is 0.866. The van der Waals surface area contributed by atoms with E-state index in [0.29, 0.717) is 18.7 Å². The third-order valence-electron chi connectivity index (χ3n) is 4.75. The summed E-state index contributed by atoms with van der Waals surface area (Å²) in [5.41, 5.74) is 3.85. The van der Waals surface area contributed by atoms with Crippen LogP contribution in [0.5, 0.6) is 0 Å². The number of hydrogen-bond donors (Lipinski definition) is 2. The number of nitrogens with zero attached hydrogens (tertiary/aromatic N) is 1. The molecule has 0 radical (unpaired) electrons. The fourth-order valence-corrected chi connectivity index (χ4v) is 3.07. The second-order valence-corrected chi connectivity index (χ2v) is 6.67. The lowest BCUT2D eigenvalue weighted by Gasteiger charge is -2.18. The van der Waals surface area contributed by atoms with E-state index in [9.17, 15) is 9.59 Å². The predicted octanol–water partition coefficient (Wildman–Crippen LogP) is 3.49. The van der Waals surface area contributed by atoms with Crippen LogP contribution in [0, 0.1) is 0 Å². The maximum absolute atomic E-state index is 12.7. The first kappa shape index (κ1) is 18.0. The molecule has 26 heavy (non-hydrogen) atoms. The van der Waals surface area contributed by atoms with Crippen LogP contribution in [0.25, 0.3) is 0 Å². The van der Waals surface area contributed by atoms with E-state index >= 15 is 0 Å². The zero-order valence-electron chi connectivity index (χ0n) is 15.3. The van der Waals surface area contributed by atoms with Crippen LogP contribution in [0.3, 0.4) is 0 Å². The zero-order valence-corrected chi connectivity index (χ0v) is 15.3. The molecule has 0 fully saturated rings. The second-order valence-electron chi connectivity index (χ2n) is 6.67. The molecular weight excluding hydrogens is 326 g/mol. The summed E-state index contributed by atoms with van der Waals surface area (Å²) in [6, 6.07) is 15.4. The molecule has 136 valence electrons. The fraction of sp³-hybridized carbons (Fsp3) is 0.333. The van der Waals surface area contributed by atoms with E-state index < -0.39 is 0 Å². The average Bonchev–Trinajstić information content (AvgIpc) is 3.09. The van der Waals surface area contributed by atoms with Gasteiger partial charge in [0.05, 0.1) is 0 Å². The topological polar surface area (TPSA) is 61.4 Å². The third-order valence-corrected chi connectivity index (χ3v) is 4.75. The van der Waals surface area contributed by atoms with Crippen LogP contribution in [0.4, 0.5) is 10.5 Å². The monoisotopic (exact) mass is 351 g/mol. The predicted molar refractivity (Wildman–Crippen MR) is 103 cm³/mol. The molecule has 0 spiro atoms. The molecule has 3 rings (SSSR count). The van der Waals surface area contributed by atoms with E-state index in [-0.39, 0.29) is 18.0 Å². The zero-order chi connectivity index (χ0) is 18.5. The highest BCUT2D eigenvalue weighted by atomic mass is 16.2. The molecule has 2 aromatic carbocycles. The van der Waals surface area contributed by atoms with E-state index in [1.165, 1.54) is 0 Å². The van der Waals surface area contributed by atoms with E-state index in [1.807, 2.05) is 61.2 Å². The Bertz CT molecular complexity index is 789. The van der Waals surface area contributed by atoms with Crippen LogP contribution in [-0.2, 0) is 13.0 Å². The Balaban J connectivity index is 1.65. The van der Waals surface area contributed by atoms with Gasteiger partial charge in [-0.1, -0.05) is 37.3 Å². The summed E-state index contributed by atoms with van der Waals surface area (Å²) in [6.45, 7) is 5.18. The van der Waals surface area contributed by atoms with Gasteiger partial charge in [-0.15, -0.1) is 0 Å². The first-order valence-electron chi connectivity index (χ1n) is 9.11. The summed E-state index contributed by atoms with van der Waals surface area (Å²) in [5, 5.41) is 5.77. The Hall–Kier alpha value is -2.82. The van der Waals surface area contributed by atoms with Gasteiger partial charge < -0.3 is 15.5 Å². The molecule has 0 bridgehead atoms. The number of rotatable bonds is 5. The van der Waals surface area contributed by atoms with E-state index in [2.05, 4.69) is 16.7 Å². The number of benzene rings is 2. The molecule has 0 saturated carbocycles.